The van der Waals surface area contributed by atoms with Gasteiger partial charge in [0.15, 0.2) is 0 Å². The monoisotopic (exact) mass is 268 g/mol. The standard InChI is InChI=1S/C14H24N2O3/c1-17-9-10-19-8-4-3-7-16-12-5-6-13(15)14(11-12)18-2/h5-6,11,16H,3-4,7-10,15H2,1-2H3. The minimum Gasteiger partial charge on any atom is -0.495 e. The molecular weight excluding hydrogens is 244 g/mol. The summed E-state index contributed by atoms with van der Waals surface area (Å²) in [6.07, 6.45) is 2.09. The van der Waals surface area contributed by atoms with Crippen LogP contribution >= 0.6 is 0 Å². The molecule has 108 valence electrons. The molecule has 0 radical (unpaired) electrons. The van der Waals surface area contributed by atoms with Crippen LogP contribution in [0.3, 0.4) is 0 Å². The van der Waals surface area contributed by atoms with Crippen LogP contribution in [0.5, 0.6) is 5.75 Å². The number of hydrogen-bond acceptors (Lipinski definition) is 5. The van der Waals surface area contributed by atoms with E-state index in [-0.39, 0.29) is 0 Å². The van der Waals surface area contributed by atoms with Crippen LogP contribution in [0.25, 0.3) is 0 Å². The highest BCUT2D eigenvalue weighted by Crippen LogP contribution is 2.24. The van der Waals surface area contributed by atoms with Gasteiger partial charge in [0.1, 0.15) is 5.75 Å². The van der Waals surface area contributed by atoms with Crippen molar-refractivity contribution in [1.29, 1.82) is 0 Å². The van der Waals surface area contributed by atoms with Crippen molar-refractivity contribution in [3.63, 3.8) is 0 Å². The third-order valence-corrected chi connectivity index (χ3v) is 2.71. The normalized spacial score (nSPS) is 10.4. The highest BCUT2D eigenvalue weighted by atomic mass is 16.5. The molecule has 0 saturated carbocycles. The summed E-state index contributed by atoms with van der Waals surface area (Å²) in [6.45, 7) is 3.00. The minimum absolute atomic E-state index is 0.652. The molecule has 0 aliphatic heterocycles. The molecule has 0 spiro atoms. The molecular formula is C14H24N2O3. The number of nitrogens with two attached hydrogens (primary N) is 1. The van der Waals surface area contributed by atoms with Gasteiger partial charge in [-0.1, -0.05) is 0 Å². The molecule has 0 aromatic heterocycles. The van der Waals surface area contributed by atoms with Gasteiger partial charge in [0.05, 0.1) is 26.0 Å². The summed E-state index contributed by atoms with van der Waals surface area (Å²) < 4.78 is 15.5. The summed E-state index contributed by atoms with van der Waals surface area (Å²) in [6, 6.07) is 5.70. The van der Waals surface area contributed by atoms with Gasteiger partial charge in [0.25, 0.3) is 0 Å². The van der Waals surface area contributed by atoms with Gasteiger partial charge in [-0.3, -0.25) is 0 Å². The second-order valence-electron chi connectivity index (χ2n) is 4.20. The smallest absolute Gasteiger partial charge is 0.143 e. The first-order valence-electron chi connectivity index (χ1n) is 6.52. The predicted molar refractivity (Wildman–Crippen MR) is 77.8 cm³/mol. The summed E-state index contributed by atoms with van der Waals surface area (Å²) in [5.41, 5.74) is 7.43. The van der Waals surface area contributed by atoms with Crippen molar-refractivity contribution in [2.24, 2.45) is 0 Å². The molecule has 0 heterocycles. The highest BCUT2D eigenvalue weighted by Gasteiger charge is 2.00. The van der Waals surface area contributed by atoms with Crippen molar-refractivity contribution in [3.05, 3.63) is 18.2 Å². The van der Waals surface area contributed by atoms with Crippen LogP contribution in [0.1, 0.15) is 12.8 Å². The summed E-state index contributed by atoms with van der Waals surface area (Å²) in [7, 11) is 3.29. The van der Waals surface area contributed by atoms with Crippen molar-refractivity contribution in [2.75, 3.05) is 51.6 Å². The van der Waals surface area contributed by atoms with Gasteiger partial charge in [0, 0.05) is 32.0 Å². The van der Waals surface area contributed by atoms with E-state index in [1.54, 1.807) is 14.2 Å². The van der Waals surface area contributed by atoms with E-state index in [4.69, 9.17) is 19.9 Å². The van der Waals surface area contributed by atoms with E-state index < -0.39 is 0 Å². The lowest BCUT2D eigenvalue weighted by Gasteiger charge is -2.10. The van der Waals surface area contributed by atoms with E-state index in [0.29, 0.717) is 24.7 Å². The third kappa shape index (κ3) is 6.31. The summed E-state index contributed by atoms with van der Waals surface area (Å²) in [5.74, 6) is 0.702. The van der Waals surface area contributed by atoms with Gasteiger partial charge in [-0.15, -0.1) is 0 Å². The Morgan fingerprint density at radius 3 is 2.68 bits per heavy atom. The lowest BCUT2D eigenvalue weighted by Crippen LogP contribution is -2.06. The van der Waals surface area contributed by atoms with Crippen molar-refractivity contribution in [3.8, 4) is 5.75 Å². The molecule has 0 amide bonds. The zero-order valence-corrected chi connectivity index (χ0v) is 11.8. The van der Waals surface area contributed by atoms with Gasteiger partial charge >= 0.3 is 0 Å². The maximum Gasteiger partial charge on any atom is 0.143 e. The van der Waals surface area contributed by atoms with Crippen LogP contribution in [-0.2, 0) is 9.47 Å². The molecule has 0 bridgehead atoms. The molecule has 3 N–H and O–H groups in total. The Bertz CT molecular complexity index is 359. The molecule has 0 saturated heterocycles. The second-order valence-corrected chi connectivity index (χ2v) is 4.20. The average molecular weight is 268 g/mol. The van der Waals surface area contributed by atoms with E-state index >= 15 is 0 Å². The van der Waals surface area contributed by atoms with Gasteiger partial charge in [-0.2, -0.15) is 0 Å². The number of anilines is 2. The molecule has 5 heteroatoms. The Balaban J connectivity index is 2.12. The molecule has 0 fully saturated rings. The molecule has 1 aromatic rings. The predicted octanol–water partition coefficient (Wildman–Crippen LogP) is 2.13. The van der Waals surface area contributed by atoms with E-state index in [2.05, 4.69) is 5.32 Å². The van der Waals surface area contributed by atoms with Crippen LogP contribution in [0.15, 0.2) is 18.2 Å². The van der Waals surface area contributed by atoms with E-state index in [1.165, 1.54) is 0 Å². The Labute approximate surface area is 115 Å². The maximum absolute atomic E-state index is 5.75. The first-order chi connectivity index (χ1) is 9.27. The Morgan fingerprint density at radius 1 is 1.11 bits per heavy atom. The summed E-state index contributed by atoms with van der Waals surface area (Å²) in [5, 5.41) is 3.33. The first-order valence-corrected chi connectivity index (χ1v) is 6.52. The highest BCUT2D eigenvalue weighted by molar-refractivity contribution is 5.61. The molecule has 1 aromatic carbocycles. The number of hydrogen-bond donors (Lipinski definition) is 2. The minimum atomic E-state index is 0.652. The Morgan fingerprint density at radius 2 is 1.95 bits per heavy atom. The molecule has 19 heavy (non-hydrogen) atoms. The number of benzene rings is 1. The van der Waals surface area contributed by atoms with Gasteiger partial charge < -0.3 is 25.3 Å². The molecule has 0 unspecified atom stereocenters. The van der Waals surface area contributed by atoms with Crippen molar-refractivity contribution >= 4 is 11.4 Å². The summed E-state index contributed by atoms with van der Waals surface area (Å²) >= 11 is 0. The Hall–Kier alpha value is -1.46. The number of unbranched alkanes of at least 4 members (excludes halogenated alkanes) is 1. The lowest BCUT2D eigenvalue weighted by atomic mass is 10.2. The maximum atomic E-state index is 5.75. The van der Waals surface area contributed by atoms with Crippen LogP contribution in [-0.4, -0.2) is 40.6 Å². The topological polar surface area (TPSA) is 65.7 Å². The van der Waals surface area contributed by atoms with E-state index in [1.807, 2.05) is 18.2 Å². The van der Waals surface area contributed by atoms with Crippen molar-refractivity contribution < 1.29 is 14.2 Å². The fraction of sp³-hybridized carbons (Fsp3) is 0.571. The number of methoxy groups -OCH3 is 2. The molecule has 0 aliphatic carbocycles. The number of rotatable bonds is 10. The Kier molecular flexibility index (Phi) is 7.77. The molecule has 1 rings (SSSR count). The molecule has 0 atom stereocenters. The van der Waals surface area contributed by atoms with E-state index in [9.17, 15) is 0 Å². The van der Waals surface area contributed by atoms with E-state index in [0.717, 1.165) is 31.7 Å². The summed E-state index contributed by atoms with van der Waals surface area (Å²) in [4.78, 5) is 0. The van der Waals surface area contributed by atoms with Crippen LogP contribution in [0.4, 0.5) is 11.4 Å². The fourth-order valence-corrected chi connectivity index (χ4v) is 1.63. The fourth-order valence-electron chi connectivity index (χ4n) is 1.63. The quantitative estimate of drug-likeness (QED) is 0.502. The largest absolute Gasteiger partial charge is 0.495 e. The third-order valence-electron chi connectivity index (χ3n) is 2.71. The number of ether oxygens (including phenoxy) is 3. The zero-order valence-electron chi connectivity index (χ0n) is 11.8. The molecule has 0 aliphatic rings. The second kappa shape index (κ2) is 9.47. The van der Waals surface area contributed by atoms with Crippen molar-refractivity contribution in [1.82, 2.24) is 0 Å². The number of nitrogen functional groups attached to an aromatic ring is 1. The lowest BCUT2D eigenvalue weighted by molar-refractivity contribution is 0.0691. The van der Waals surface area contributed by atoms with Gasteiger partial charge in [-0.25, -0.2) is 0 Å². The van der Waals surface area contributed by atoms with Crippen molar-refractivity contribution in [2.45, 2.75) is 12.8 Å². The van der Waals surface area contributed by atoms with Gasteiger partial charge in [-0.05, 0) is 25.0 Å². The van der Waals surface area contributed by atoms with Crippen LogP contribution < -0.4 is 15.8 Å². The van der Waals surface area contributed by atoms with Crippen LogP contribution in [0, 0.1) is 0 Å². The average Bonchev–Trinajstić information content (AvgIpc) is 2.43. The SMILES string of the molecule is COCCOCCCCNc1ccc(N)c(OC)c1. The first kappa shape index (κ1) is 15.6. The number of nitrogens with one attached hydrogen (secondary N) is 1. The zero-order chi connectivity index (χ0) is 13.9. The van der Waals surface area contributed by atoms with Gasteiger partial charge in [0.2, 0.25) is 0 Å². The van der Waals surface area contributed by atoms with Crippen LogP contribution in [0.2, 0.25) is 0 Å². The molecule has 5 nitrogen and oxygen atoms in total.